The molecule has 27 heavy (non-hydrogen) atoms. The highest BCUT2D eigenvalue weighted by atomic mass is 16.2. The number of hydrogen-bond donors (Lipinski definition) is 1. The molecule has 0 fully saturated rings. The van der Waals surface area contributed by atoms with Gasteiger partial charge in [-0.3, -0.25) is 0 Å². The van der Waals surface area contributed by atoms with Crippen molar-refractivity contribution in [3.05, 3.63) is 71.8 Å². The summed E-state index contributed by atoms with van der Waals surface area (Å²) in [5, 5.41) is 9.31. The third-order valence-corrected chi connectivity index (χ3v) is 5.01. The molecule has 0 saturated carbocycles. The number of hydrogen-bond acceptors (Lipinski definition) is 2. The van der Waals surface area contributed by atoms with Crippen molar-refractivity contribution in [1.29, 1.82) is 0 Å². The summed E-state index contributed by atoms with van der Waals surface area (Å²) in [6, 6.07) is 20.5. The molecule has 0 spiro atoms. The van der Waals surface area contributed by atoms with Crippen LogP contribution in [-0.4, -0.2) is 29.8 Å². The number of carbonyl (C=O) groups excluding carboxylic acids is 1. The van der Waals surface area contributed by atoms with Crippen molar-refractivity contribution in [2.24, 2.45) is 5.10 Å². The molecular formula is C23H29N3O. The zero-order chi connectivity index (χ0) is 18.9. The number of hydrazone groups is 1. The largest absolute Gasteiger partial charge is 0.337 e. The molecule has 1 aliphatic heterocycles. The van der Waals surface area contributed by atoms with E-state index in [0.29, 0.717) is 13.1 Å². The Balaban J connectivity index is 1.59. The van der Waals surface area contributed by atoms with Crippen molar-refractivity contribution in [2.75, 3.05) is 13.1 Å². The Morgan fingerprint density at radius 1 is 1.04 bits per heavy atom. The van der Waals surface area contributed by atoms with Gasteiger partial charge in [-0.2, -0.15) is 5.10 Å². The summed E-state index contributed by atoms with van der Waals surface area (Å²) < 4.78 is 0. The van der Waals surface area contributed by atoms with Crippen molar-refractivity contribution in [2.45, 2.75) is 44.9 Å². The average molecular weight is 364 g/mol. The topological polar surface area (TPSA) is 44.7 Å². The van der Waals surface area contributed by atoms with Crippen molar-refractivity contribution in [3.8, 4) is 0 Å². The highest BCUT2D eigenvalue weighted by Crippen LogP contribution is 2.27. The molecule has 1 N–H and O–H groups in total. The molecular weight excluding hydrogens is 334 g/mol. The van der Waals surface area contributed by atoms with Gasteiger partial charge in [0.05, 0.1) is 6.54 Å². The molecule has 0 aromatic heterocycles. The molecule has 0 aliphatic carbocycles. The zero-order valence-corrected chi connectivity index (χ0v) is 16.1. The number of unbranched alkanes of at least 4 members (excludes halogenated alkanes) is 2. The minimum atomic E-state index is -0.0997. The number of nitrogens with one attached hydrogen (secondary N) is 1. The zero-order valence-electron chi connectivity index (χ0n) is 16.1. The van der Waals surface area contributed by atoms with E-state index in [0.717, 1.165) is 25.0 Å². The van der Waals surface area contributed by atoms with Crippen LogP contribution in [0.2, 0.25) is 0 Å². The van der Waals surface area contributed by atoms with Crippen LogP contribution in [0.5, 0.6) is 0 Å². The quantitative estimate of drug-likeness (QED) is 0.661. The van der Waals surface area contributed by atoms with Gasteiger partial charge in [0.25, 0.3) is 0 Å². The van der Waals surface area contributed by atoms with E-state index < -0.39 is 0 Å². The fourth-order valence-electron chi connectivity index (χ4n) is 3.49. The van der Waals surface area contributed by atoms with E-state index >= 15 is 0 Å². The molecule has 2 aromatic rings. The number of benzene rings is 2. The van der Waals surface area contributed by atoms with E-state index in [1.165, 1.54) is 24.0 Å². The fourth-order valence-corrected chi connectivity index (χ4v) is 3.49. The number of nitrogens with zero attached hydrogens (tertiary/aromatic N) is 2. The summed E-state index contributed by atoms with van der Waals surface area (Å²) in [5.74, 6) is 0.211. The molecule has 1 aliphatic rings. The second kappa shape index (κ2) is 9.91. The van der Waals surface area contributed by atoms with E-state index in [9.17, 15) is 4.79 Å². The minimum Gasteiger partial charge on any atom is -0.336 e. The first-order valence-corrected chi connectivity index (χ1v) is 9.99. The van der Waals surface area contributed by atoms with E-state index in [1.54, 1.807) is 5.01 Å². The summed E-state index contributed by atoms with van der Waals surface area (Å²) in [4.78, 5) is 12.6. The van der Waals surface area contributed by atoms with Gasteiger partial charge in [-0.15, -0.1) is 0 Å². The van der Waals surface area contributed by atoms with Gasteiger partial charge in [0.2, 0.25) is 0 Å². The molecule has 2 aromatic carbocycles. The first-order valence-electron chi connectivity index (χ1n) is 9.99. The lowest BCUT2D eigenvalue weighted by Crippen LogP contribution is -2.37. The summed E-state index contributed by atoms with van der Waals surface area (Å²) in [6.45, 7) is 3.45. The third-order valence-electron chi connectivity index (χ3n) is 5.01. The Kier molecular flexibility index (Phi) is 7.03. The van der Waals surface area contributed by atoms with E-state index in [1.807, 2.05) is 24.3 Å². The van der Waals surface area contributed by atoms with Crippen LogP contribution in [0.1, 0.15) is 49.7 Å². The highest BCUT2D eigenvalue weighted by molar-refractivity contribution is 5.94. The molecule has 3 rings (SSSR count). The Bertz CT molecular complexity index is 743. The smallest absolute Gasteiger partial charge is 0.336 e. The van der Waals surface area contributed by atoms with Crippen LogP contribution in [-0.2, 0) is 6.42 Å². The van der Waals surface area contributed by atoms with Gasteiger partial charge >= 0.3 is 6.03 Å². The van der Waals surface area contributed by atoms with Crippen LogP contribution in [0.4, 0.5) is 4.79 Å². The molecule has 4 heteroatoms. The second-order valence-corrected chi connectivity index (χ2v) is 7.06. The van der Waals surface area contributed by atoms with Crippen LogP contribution in [0.3, 0.4) is 0 Å². The van der Waals surface area contributed by atoms with Crippen molar-refractivity contribution in [1.82, 2.24) is 10.3 Å². The van der Waals surface area contributed by atoms with E-state index in [2.05, 4.69) is 53.7 Å². The minimum absolute atomic E-state index is 0.0997. The molecule has 0 bridgehead atoms. The third kappa shape index (κ3) is 5.43. The highest BCUT2D eigenvalue weighted by Gasteiger charge is 2.30. The van der Waals surface area contributed by atoms with Gasteiger partial charge < -0.3 is 5.32 Å². The lowest BCUT2D eigenvalue weighted by Gasteiger charge is -2.16. The number of amides is 2. The van der Waals surface area contributed by atoms with Crippen LogP contribution in [0, 0.1) is 0 Å². The summed E-state index contributed by atoms with van der Waals surface area (Å²) in [7, 11) is 0. The molecule has 1 unspecified atom stereocenters. The summed E-state index contributed by atoms with van der Waals surface area (Å²) in [6.07, 6.45) is 5.30. The van der Waals surface area contributed by atoms with Crippen LogP contribution < -0.4 is 5.32 Å². The Hall–Kier alpha value is -2.62. The maximum absolute atomic E-state index is 12.6. The average Bonchev–Trinajstić information content (AvgIpc) is 3.14. The monoisotopic (exact) mass is 363 g/mol. The van der Waals surface area contributed by atoms with Gasteiger partial charge in [0.1, 0.15) is 0 Å². The fraction of sp³-hybridized carbons (Fsp3) is 0.391. The maximum Gasteiger partial charge on any atom is 0.337 e. The lowest BCUT2D eigenvalue weighted by atomic mass is 9.92. The second-order valence-electron chi connectivity index (χ2n) is 7.06. The van der Waals surface area contributed by atoms with Crippen molar-refractivity contribution < 1.29 is 4.79 Å². The Labute approximate surface area is 162 Å². The summed E-state index contributed by atoms with van der Waals surface area (Å²) in [5.41, 5.74) is 3.60. The molecule has 2 amide bonds. The predicted molar refractivity (Wildman–Crippen MR) is 111 cm³/mol. The van der Waals surface area contributed by atoms with E-state index in [4.69, 9.17) is 0 Å². The van der Waals surface area contributed by atoms with Gasteiger partial charge in [-0.1, -0.05) is 80.4 Å². The van der Waals surface area contributed by atoms with Gasteiger partial charge in [-0.25, -0.2) is 9.80 Å². The SMILES string of the molecule is CCCCCC1=NN(C(=O)NCCc2ccccc2)CC1c1ccccc1. The Morgan fingerprint density at radius 3 is 2.44 bits per heavy atom. The molecule has 1 atom stereocenters. The molecule has 0 saturated heterocycles. The van der Waals surface area contributed by atoms with E-state index in [-0.39, 0.29) is 11.9 Å². The van der Waals surface area contributed by atoms with Crippen LogP contribution >= 0.6 is 0 Å². The Morgan fingerprint density at radius 2 is 1.74 bits per heavy atom. The maximum atomic E-state index is 12.6. The van der Waals surface area contributed by atoms with Crippen molar-refractivity contribution >= 4 is 11.7 Å². The number of carbonyl (C=O) groups is 1. The predicted octanol–water partition coefficient (Wildman–Crippen LogP) is 4.97. The van der Waals surface area contributed by atoms with Gasteiger partial charge in [0.15, 0.2) is 0 Å². The van der Waals surface area contributed by atoms with Crippen LogP contribution in [0.15, 0.2) is 65.8 Å². The standard InChI is InChI=1S/C23H29N3O/c1-2-3-6-15-22-21(20-13-9-5-10-14-20)18-26(25-22)23(27)24-17-16-19-11-7-4-8-12-19/h4-5,7-14,21H,2-3,6,15-18H2,1H3,(H,24,27). The first-order chi connectivity index (χ1) is 13.3. The van der Waals surface area contributed by atoms with Crippen molar-refractivity contribution in [3.63, 3.8) is 0 Å². The molecule has 1 heterocycles. The molecule has 0 radical (unpaired) electrons. The van der Waals surface area contributed by atoms with Gasteiger partial charge in [0, 0.05) is 18.2 Å². The summed E-state index contributed by atoms with van der Waals surface area (Å²) >= 11 is 0. The van der Waals surface area contributed by atoms with Crippen LogP contribution in [0.25, 0.3) is 0 Å². The first kappa shape index (κ1) is 19.2. The molecule has 4 nitrogen and oxygen atoms in total. The molecule has 142 valence electrons. The normalized spacial score (nSPS) is 16.3. The number of rotatable bonds is 8. The number of urea groups is 1. The lowest BCUT2D eigenvalue weighted by molar-refractivity contribution is 0.204. The van der Waals surface area contributed by atoms with Gasteiger partial charge in [-0.05, 0) is 30.4 Å².